The molecule has 0 aromatic carbocycles. The van der Waals surface area contributed by atoms with E-state index in [9.17, 15) is 13.2 Å². The summed E-state index contributed by atoms with van der Waals surface area (Å²) in [7, 11) is 1.22. The van der Waals surface area contributed by atoms with Crippen LogP contribution in [-0.4, -0.2) is 18.8 Å². The topological polar surface area (TPSA) is 14.1 Å². The molecule has 0 amide bonds. The molecule has 0 atom stereocenters. The zero-order valence-corrected chi connectivity index (χ0v) is 5.00. The quantitative estimate of drug-likeness (QED) is 0.526. The van der Waals surface area contributed by atoms with E-state index in [0.717, 1.165) is 0 Å². The van der Waals surface area contributed by atoms with E-state index in [2.05, 4.69) is 5.32 Å². The molecule has 1 aliphatic rings. The first-order chi connectivity index (χ1) is 4.02. The molecule has 0 aromatic rings. The van der Waals surface area contributed by atoms with E-state index >= 15 is 0 Å². The Morgan fingerprint density at radius 2 is 1.78 bits per heavy atom. The van der Waals surface area contributed by atoms with Crippen molar-refractivity contribution in [1.82, 2.24) is 0 Å². The second-order valence-corrected chi connectivity index (χ2v) is 2.25. The van der Waals surface area contributed by atoms with Gasteiger partial charge in [0, 0.05) is 0 Å². The van der Waals surface area contributed by atoms with Crippen molar-refractivity contribution in [1.29, 1.82) is 0 Å². The fourth-order valence-corrected chi connectivity index (χ4v) is 0.752. The largest absolute Gasteiger partial charge is 0.652 e. The lowest BCUT2D eigenvalue weighted by atomic mass is 10.3. The molecular formula is C5H7F3N-. The van der Waals surface area contributed by atoms with Gasteiger partial charge in [-0.15, -0.1) is 0 Å². The Kier molecular flexibility index (Phi) is 1.24. The maximum absolute atomic E-state index is 11.8. The predicted octanol–water partition coefficient (Wildman–Crippen LogP) is 2.08. The summed E-state index contributed by atoms with van der Waals surface area (Å²) in [5.41, 5.74) is -1.65. The fourth-order valence-electron chi connectivity index (χ4n) is 0.752. The minimum atomic E-state index is -4.11. The van der Waals surface area contributed by atoms with Gasteiger partial charge in [0.05, 0.1) is 0 Å². The molecule has 0 aromatic heterocycles. The summed E-state index contributed by atoms with van der Waals surface area (Å²) in [6.07, 6.45) is -3.76. The van der Waals surface area contributed by atoms with Gasteiger partial charge in [-0.1, -0.05) is 12.8 Å². The van der Waals surface area contributed by atoms with Crippen LogP contribution in [0.3, 0.4) is 0 Å². The fraction of sp³-hybridized carbons (Fsp3) is 1.00. The van der Waals surface area contributed by atoms with Gasteiger partial charge in [0.1, 0.15) is 0 Å². The van der Waals surface area contributed by atoms with Crippen LogP contribution in [-0.2, 0) is 0 Å². The van der Waals surface area contributed by atoms with Crippen LogP contribution < -0.4 is 0 Å². The minimum Gasteiger partial charge on any atom is -0.652 e. The van der Waals surface area contributed by atoms with E-state index < -0.39 is 11.7 Å². The predicted molar refractivity (Wildman–Crippen MR) is 27.3 cm³/mol. The highest BCUT2D eigenvalue weighted by atomic mass is 19.4. The SMILES string of the molecule is C[N-]C1(C(F)(F)F)CC1. The van der Waals surface area contributed by atoms with Crippen LogP contribution in [0.2, 0.25) is 0 Å². The third kappa shape index (κ3) is 0.913. The summed E-state index contributed by atoms with van der Waals surface area (Å²) in [6.45, 7) is 0. The molecule has 1 aliphatic carbocycles. The normalized spacial score (nSPS) is 24.0. The monoisotopic (exact) mass is 138 g/mol. The van der Waals surface area contributed by atoms with Gasteiger partial charge in [0.15, 0.2) is 0 Å². The van der Waals surface area contributed by atoms with Crippen LogP contribution in [0.1, 0.15) is 12.8 Å². The van der Waals surface area contributed by atoms with Crippen molar-refractivity contribution >= 4 is 0 Å². The average molecular weight is 138 g/mol. The first-order valence-electron chi connectivity index (χ1n) is 2.69. The Balaban J connectivity index is 2.60. The summed E-state index contributed by atoms with van der Waals surface area (Å²) in [4.78, 5) is 0. The summed E-state index contributed by atoms with van der Waals surface area (Å²) in [6, 6.07) is 0. The van der Waals surface area contributed by atoms with Crippen LogP contribution in [0.25, 0.3) is 5.32 Å². The molecule has 0 bridgehead atoms. The van der Waals surface area contributed by atoms with Crippen molar-refractivity contribution in [2.75, 3.05) is 7.05 Å². The van der Waals surface area contributed by atoms with Crippen molar-refractivity contribution in [3.63, 3.8) is 0 Å². The molecule has 0 saturated heterocycles. The summed E-state index contributed by atoms with van der Waals surface area (Å²) in [5, 5.41) is 3.28. The molecule has 0 radical (unpaired) electrons. The Hall–Kier alpha value is -0.250. The third-order valence-electron chi connectivity index (χ3n) is 1.68. The van der Waals surface area contributed by atoms with Crippen LogP contribution >= 0.6 is 0 Å². The second kappa shape index (κ2) is 1.62. The molecular weight excluding hydrogens is 131 g/mol. The Labute approximate surface area is 51.2 Å². The third-order valence-corrected chi connectivity index (χ3v) is 1.68. The molecule has 9 heavy (non-hydrogen) atoms. The first-order valence-corrected chi connectivity index (χ1v) is 2.69. The summed E-state index contributed by atoms with van der Waals surface area (Å²) < 4.78 is 35.4. The van der Waals surface area contributed by atoms with Gasteiger partial charge < -0.3 is 5.32 Å². The molecule has 0 heterocycles. The zero-order valence-electron chi connectivity index (χ0n) is 5.00. The van der Waals surface area contributed by atoms with Gasteiger partial charge in [0.2, 0.25) is 0 Å². The minimum absolute atomic E-state index is 0.174. The lowest BCUT2D eigenvalue weighted by Crippen LogP contribution is -2.29. The molecule has 0 unspecified atom stereocenters. The van der Waals surface area contributed by atoms with Crippen LogP contribution in [0.4, 0.5) is 13.2 Å². The molecule has 0 aliphatic heterocycles. The van der Waals surface area contributed by atoms with E-state index in [1.165, 1.54) is 7.05 Å². The van der Waals surface area contributed by atoms with Gasteiger partial charge in [-0.25, -0.2) is 0 Å². The average Bonchev–Trinajstić information content (AvgIpc) is 2.40. The van der Waals surface area contributed by atoms with E-state index in [-0.39, 0.29) is 12.8 Å². The Morgan fingerprint density at radius 1 is 1.33 bits per heavy atom. The second-order valence-electron chi connectivity index (χ2n) is 2.25. The number of hydrogen-bond donors (Lipinski definition) is 0. The van der Waals surface area contributed by atoms with E-state index in [1.807, 2.05) is 0 Å². The van der Waals surface area contributed by atoms with Crippen molar-refractivity contribution in [3.05, 3.63) is 5.32 Å². The van der Waals surface area contributed by atoms with Gasteiger partial charge in [-0.3, -0.25) is 0 Å². The first kappa shape index (κ1) is 6.86. The highest BCUT2D eigenvalue weighted by Gasteiger charge is 2.54. The smallest absolute Gasteiger partial charge is 0.376 e. The van der Waals surface area contributed by atoms with Crippen molar-refractivity contribution in [3.8, 4) is 0 Å². The Bertz CT molecular complexity index is 114. The maximum Gasteiger partial charge on any atom is 0.376 e. The summed E-state index contributed by atoms with van der Waals surface area (Å²) in [5.74, 6) is 0. The standard InChI is InChI=1S/C5H7F3N/c1-9-4(2-3-4)5(6,7)8/h2-3H2,1H3/q-1. The lowest BCUT2D eigenvalue weighted by molar-refractivity contribution is -0.148. The zero-order chi connectivity index (χ0) is 7.12. The van der Waals surface area contributed by atoms with Crippen molar-refractivity contribution < 1.29 is 13.2 Å². The number of rotatable bonds is 1. The van der Waals surface area contributed by atoms with Crippen molar-refractivity contribution in [2.24, 2.45) is 0 Å². The molecule has 1 saturated carbocycles. The highest BCUT2D eigenvalue weighted by Crippen LogP contribution is 2.53. The number of hydrogen-bond acceptors (Lipinski definition) is 0. The van der Waals surface area contributed by atoms with Gasteiger partial charge >= 0.3 is 6.18 Å². The van der Waals surface area contributed by atoms with Gasteiger partial charge in [0.25, 0.3) is 0 Å². The molecule has 54 valence electrons. The lowest BCUT2D eigenvalue weighted by Gasteiger charge is -2.29. The van der Waals surface area contributed by atoms with Crippen LogP contribution in [0, 0.1) is 0 Å². The molecule has 0 N–H and O–H groups in total. The maximum atomic E-state index is 11.8. The molecule has 0 spiro atoms. The number of nitrogens with zero attached hydrogens (tertiary/aromatic N) is 1. The van der Waals surface area contributed by atoms with Crippen molar-refractivity contribution in [2.45, 2.75) is 24.6 Å². The molecule has 4 heteroatoms. The number of alkyl halides is 3. The van der Waals surface area contributed by atoms with Gasteiger partial charge in [-0.05, 0) is 5.54 Å². The molecule has 1 fully saturated rings. The van der Waals surface area contributed by atoms with E-state index in [0.29, 0.717) is 0 Å². The van der Waals surface area contributed by atoms with Gasteiger partial charge in [-0.2, -0.15) is 20.2 Å². The molecule has 1 rings (SSSR count). The Morgan fingerprint density at radius 3 is 1.78 bits per heavy atom. The molecule has 1 nitrogen and oxygen atoms in total. The van der Waals surface area contributed by atoms with E-state index in [1.54, 1.807) is 0 Å². The van der Waals surface area contributed by atoms with E-state index in [4.69, 9.17) is 0 Å². The van der Waals surface area contributed by atoms with Crippen LogP contribution in [0.15, 0.2) is 0 Å². The number of halogens is 3. The highest BCUT2D eigenvalue weighted by molar-refractivity contribution is 5.20. The summed E-state index contributed by atoms with van der Waals surface area (Å²) >= 11 is 0. The van der Waals surface area contributed by atoms with Crippen LogP contribution in [0.5, 0.6) is 0 Å².